The normalized spacial score (nSPS) is 11.6. The van der Waals surface area contributed by atoms with E-state index in [0.29, 0.717) is 132 Å². The van der Waals surface area contributed by atoms with Crippen molar-refractivity contribution in [2.45, 2.75) is 11.8 Å². The first kappa shape index (κ1) is 42.1. The van der Waals surface area contributed by atoms with Gasteiger partial charge < -0.3 is 47.4 Å². The molecule has 0 atom stereocenters. The Labute approximate surface area is 272 Å². The highest BCUT2D eigenvalue weighted by molar-refractivity contribution is 7.86. The summed E-state index contributed by atoms with van der Waals surface area (Å²) in [4.78, 5) is 2.76. The van der Waals surface area contributed by atoms with Crippen molar-refractivity contribution in [3.8, 4) is 0 Å². The fourth-order valence-electron chi connectivity index (χ4n) is 3.21. The second-order valence-electron chi connectivity index (χ2n) is 9.17. The lowest BCUT2D eigenvalue weighted by atomic mass is 10.2. The molecule has 46 heavy (non-hydrogen) atoms. The number of hydrogen-bond acceptors (Lipinski definition) is 14. The van der Waals surface area contributed by atoms with Gasteiger partial charge in [-0.2, -0.15) is 8.42 Å². The molecule has 266 valence electrons. The van der Waals surface area contributed by atoms with Crippen molar-refractivity contribution in [2.75, 3.05) is 145 Å². The van der Waals surface area contributed by atoms with Crippen LogP contribution in [0.15, 0.2) is 34.3 Å². The van der Waals surface area contributed by atoms with Crippen molar-refractivity contribution in [3.05, 3.63) is 40.3 Å². The first-order chi connectivity index (χ1) is 22.6. The average molecular weight is 682 g/mol. The summed E-state index contributed by atoms with van der Waals surface area (Å²) in [6.07, 6.45) is 0. The van der Waals surface area contributed by atoms with Crippen LogP contribution in [0, 0.1) is 6.92 Å². The first-order valence-electron chi connectivity index (χ1n) is 15.3. The molecule has 0 aliphatic carbocycles. The Morgan fingerprint density at radius 3 is 1.09 bits per heavy atom. The lowest BCUT2D eigenvalue weighted by Crippen LogP contribution is -2.15. The summed E-state index contributed by atoms with van der Waals surface area (Å²) in [5.41, 5.74) is 9.10. The predicted molar refractivity (Wildman–Crippen MR) is 167 cm³/mol. The molecule has 0 aliphatic rings. The van der Waals surface area contributed by atoms with Gasteiger partial charge in [0.2, 0.25) is 0 Å². The Kier molecular flexibility index (Phi) is 28.9. The van der Waals surface area contributed by atoms with E-state index in [4.69, 9.17) is 57.1 Å². The molecular weight excluding hydrogens is 630 g/mol. The quantitative estimate of drug-likeness (QED) is 0.0334. The van der Waals surface area contributed by atoms with Gasteiger partial charge in [-0.3, -0.25) is 4.18 Å². The van der Waals surface area contributed by atoms with E-state index in [1.807, 2.05) is 6.92 Å². The Morgan fingerprint density at radius 1 is 0.500 bits per heavy atom. The number of hydrogen-bond donors (Lipinski definition) is 0. The third-order valence-corrected chi connectivity index (χ3v) is 6.85. The van der Waals surface area contributed by atoms with Crippen molar-refractivity contribution in [2.24, 2.45) is 5.11 Å². The molecule has 0 unspecified atom stereocenters. The Hall–Kier alpha value is -1.96. The maximum Gasteiger partial charge on any atom is 0.297 e. The molecular formula is C29H51N3O13S. The van der Waals surface area contributed by atoms with Gasteiger partial charge in [-0.1, -0.05) is 22.8 Å². The molecule has 0 heterocycles. The fourth-order valence-corrected chi connectivity index (χ4v) is 4.10. The summed E-state index contributed by atoms with van der Waals surface area (Å²) in [6, 6.07) is 6.47. The average Bonchev–Trinajstić information content (AvgIpc) is 3.05. The second kappa shape index (κ2) is 31.6. The zero-order chi connectivity index (χ0) is 33.2. The summed E-state index contributed by atoms with van der Waals surface area (Å²) in [6.45, 7) is 10.8. The van der Waals surface area contributed by atoms with Crippen LogP contribution in [0.5, 0.6) is 0 Å². The van der Waals surface area contributed by atoms with Crippen LogP contribution in [-0.4, -0.2) is 154 Å². The van der Waals surface area contributed by atoms with Gasteiger partial charge in [-0.05, 0) is 24.6 Å². The van der Waals surface area contributed by atoms with E-state index in [1.54, 1.807) is 12.1 Å². The summed E-state index contributed by atoms with van der Waals surface area (Å²) in [5, 5.41) is 3.37. The number of rotatable bonds is 35. The van der Waals surface area contributed by atoms with Gasteiger partial charge in [0.25, 0.3) is 10.1 Å². The van der Waals surface area contributed by atoms with Gasteiger partial charge in [0.05, 0.1) is 144 Å². The molecule has 0 saturated carbocycles. The SMILES string of the molecule is Cc1ccc(S(=O)(=O)OCCOCCOCCOCCOCCOCCOCCOCCOCCOCCOCCN=[N+]=[N-])cc1. The van der Waals surface area contributed by atoms with Gasteiger partial charge in [0.15, 0.2) is 0 Å². The van der Waals surface area contributed by atoms with Gasteiger partial charge >= 0.3 is 0 Å². The van der Waals surface area contributed by atoms with Gasteiger partial charge in [0, 0.05) is 11.5 Å². The van der Waals surface area contributed by atoms with Crippen molar-refractivity contribution >= 4 is 10.1 Å². The third kappa shape index (κ3) is 27.2. The Balaban J connectivity index is 1.68. The largest absolute Gasteiger partial charge is 0.379 e. The monoisotopic (exact) mass is 681 g/mol. The van der Waals surface area contributed by atoms with E-state index in [9.17, 15) is 8.42 Å². The van der Waals surface area contributed by atoms with Crippen LogP contribution in [0.25, 0.3) is 10.4 Å². The fraction of sp³-hybridized carbons (Fsp3) is 0.793. The van der Waals surface area contributed by atoms with Crippen LogP contribution in [-0.2, 0) is 61.7 Å². The van der Waals surface area contributed by atoms with E-state index in [0.717, 1.165) is 5.56 Å². The second-order valence-corrected chi connectivity index (χ2v) is 10.8. The van der Waals surface area contributed by atoms with Crippen molar-refractivity contribution in [1.29, 1.82) is 0 Å². The van der Waals surface area contributed by atoms with E-state index in [2.05, 4.69) is 10.0 Å². The van der Waals surface area contributed by atoms with Gasteiger partial charge in [-0.25, -0.2) is 0 Å². The molecule has 0 saturated heterocycles. The van der Waals surface area contributed by atoms with Crippen molar-refractivity contribution in [1.82, 2.24) is 0 Å². The summed E-state index contributed by atoms with van der Waals surface area (Å²) in [5.74, 6) is 0. The zero-order valence-electron chi connectivity index (χ0n) is 26.9. The smallest absolute Gasteiger partial charge is 0.297 e. The lowest BCUT2D eigenvalue weighted by molar-refractivity contribution is -0.0266. The highest BCUT2D eigenvalue weighted by Gasteiger charge is 2.14. The molecule has 0 amide bonds. The van der Waals surface area contributed by atoms with Crippen LogP contribution >= 0.6 is 0 Å². The molecule has 0 fully saturated rings. The van der Waals surface area contributed by atoms with Crippen LogP contribution in [0.2, 0.25) is 0 Å². The Bertz CT molecular complexity index is 968. The molecule has 0 aliphatic heterocycles. The molecule has 0 N–H and O–H groups in total. The maximum absolute atomic E-state index is 12.1. The standard InChI is InChI=1S/C29H51N3O13S/c1-28-2-4-29(5-3-28)46(33,34)45-27-26-44-25-24-43-23-22-42-21-20-41-19-18-40-17-16-39-15-14-38-13-12-37-11-10-36-9-8-35-7-6-31-32-30/h2-5H,6-27H2,1H3. The summed E-state index contributed by atoms with van der Waals surface area (Å²) in [7, 11) is -3.78. The molecule has 0 bridgehead atoms. The zero-order valence-corrected chi connectivity index (χ0v) is 27.7. The van der Waals surface area contributed by atoms with E-state index >= 15 is 0 Å². The number of aryl methyl sites for hydroxylation is 1. The third-order valence-electron chi connectivity index (χ3n) is 5.52. The van der Waals surface area contributed by atoms with Crippen LogP contribution in [0.1, 0.15) is 5.56 Å². The van der Waals surface area contributed by atoms with Gasteiger partial charge in [-0.15, -0.1) is 0 Å². The number of nitrogens with zero attached hydrogens (tertiary/aromatic N) is 3. The van der Waals surface area contributed by atoms with Crippen molar-refractivity contribution < 1.29 is 60.0 Å². The molecule has 17 heteroatoms. The molecule has 16 nitrogen and oxygen atoms in total. The van der Waals surface area contributed by atoms with Crippen LogP contribution in [0.4, 0.5) is 0 Å². The number of ether oxygens (including phenoxy) is 10. The lowest BCUT2D eigenvalue weighted by Gasteiger charge is -2.09. The van der Waals surface area contributed by atoms with E-state index in [-0.39, 0.29) is 18.1 Å². The highest BCUT2D eigenvalue weighted by atomic mass is 32.2. The van der Waals surface area contributed by atoms with E-state index < -0.39 is 10.1 Å². The minimum absolute atomic E-state index is 0.0628. The summed E-state index contributed by atoms with van der Waals surface area (Å²) >= 11 is 0. The Morgan fingerprint density at radius 2 is 0.783 bits per heavy atom. The number of azide groups is 1. The predicted octanol–water partition coefficient (Wildman–Crippen LogP) is 2.18. The molecule has 0 spiro atoms. The van der Waals surface area contributed by atoms with Crippen molar-refractivity contribution in [3.63, 3.8) is 0 Å². The van der Waals surface area contributed by atoms with E-state index in [1.165, 1.54) is 12.1 Å². The minimum atomic E-state index is -3.78. The first-order valence-corrected chi connectivity index (χ1v) is 16.7. The topological polar surface area (TPSA) is 184 Å². The highest BCUT2D eigenvalue weighted by Crippen LogP contribution is 2.12. The van der Waals surface area contributed by atoms with Crippen LogP contribution in [0.3, 0.4) is 0 Å². The maximum atomic E-state index is 12.1. The molecule has 1 aromatic carbocycles. The molecule has 0 radical (unpaired) electrons. The molecule has 1 aromatic rings. The summed E-state index contributed by atoms with van der Waals surface area (Å²) < 4.78 is 83.0. The molecule has 0 aromatic heterocycles. The van der Waals surface area contributed by atoms with Crippen LogP contribution < -0.4 is 0 Å². The molecule has 1 rings (SSSR count). The minimum Gasteiger partial charge on any atom is -0.379 e. The van der Waals surface area contributed by atoms with Gasteiger partial charge in [0.1, 0.15) is 0 Å². The number of benzene rings is 1.